The zero-order valence-corrected chi connectivity index (χ0v) is 5.62. The van der Waals surface area contributed by atoms with E-state index in [1.54, 1.807) is 7.87 Å². The SMILES string of the molecule is CS[P+]1=PC1. The second kappa shape index (κ2) is 1.60. The van der Waals surface area contributed by atoms with Crippen molar-refractivity contribution < 1.29 is 0 Å². The second-order valence-electron chi connectivity index (χ2n) is 0.818. The Morgan fingerprint density at radius 2 is 2.60 bits per heavy atom. The fourth-order valence-electron chi connectivity index (χ4n) is 0.141. The van der Waals surface area contributed by atoms with E-state index in [4.69, 9.17) is 0 Å². The minimum Gasteiger partial charge on any atom is 0.0269 e. The lowest BCUT2D eigenvalue weighted by Crippen LogP contribution is -1.24. The predicted octanol–water partition coefficient (Wildman–Crippen LogP) is 2.58. The van der Waals surface area contributed by atoms with Crippen molar-refractivity contribution in [3.8, 4) is 0 Å². The van der Waals surface area contributed by atoms with Gasteiger partial charge < -0.3 is 0 Å². The molecule has 3 heteroatoms. The first-order chi connectivity index (χ1) is 2.43. The molecule has 0 aromatic carbocycles. The lowest BCUT2D eigenvalue weighted by Gasteiger charge is -1.49. The van der Waals surface area contributed by atoms with Crippen molar-refractivity contribution >= 4 is 25.7 Å². The molecule has 0 nitrogen and oxygen atoms in total. The van der Waals surface area contributed by atoms with Gasteiger partial charge in [-0.2, -0.15) is 0 Å². The summed E-state index contributed by atoms with van der Waals surface area (Å²) in [5, 5.41) is 0. The van der Waals surface area contributed by atoms with Gasteiger partial charge in [0.05, 0.1) is 11.4 Å². The highest BCUT2D eigenvalue weighted by Gasteiger charge is 2.22. The summed E-state index contributed by atoms with van der Waals surface area (Å²) in [6.07, 6.45) is 2.74. The van der Waals surface area contributed by atoms with Crippen molar-refractivity contribution in [2.75, 3.05) is 12.2 Å². The summed E-state index contributed by atoms with van der Waals surface area (Å²) < 4.78 is 0. The van der Waals surface area contributed by atoms with Crippen LogP contribution in [0.2, 0.25) is 0 Å². The van der Waals surface area contributed by atoms with Gasteiger partial charge in [0.2, 0.25) is 12.3 Å². The van der Waals surface area contributed by atoms with E-state index in [1.165, 1.54) is 5.90 Å². The average molecular weight is 123 g/mol. The topological polar surface area (TPSA) is 0 Å². The molecule has 1 atom stereocenters. The van der Waals surface area contributed by atoms with Crippen molar-refractivity contribution in [1.29, 1.82) is 0 Å². The number of hydrogen-bond donors (Lipinski definition) is 0. The highest BCUT2D eigenvalue weighted by molar-refractivity contribution is 8.67. The van der Waals surface area contributed by atoms with Crippen LogP contribution in [-0.2, 0) is 0 Å². The molecule has 0 amide bonds. The zero-order valence-electron chi connectivity index (χ0n) is 3.01. The van der Waals surface area contributed by atoms with E-state index in [9.17, 15) is 0 Å². The molecular formula is C2H5P2S+. The maximum absolute atomic E-state index is 2.20. The molecule has 0 spiro atoms. The van der Waals surface area contributed by atoms with Crippen LogP contribution < -0.4 is 0 Å². The Bertz CT molecular complexity index is 68.0. The average Bonchev–Trinajstić information content (AvgIpc) is 2.12. The first-order valence-electron chi connectivity index (χ1n) is 1.42. The van der Waals surface area contributed by atoms with Gasteiger partial charge in [0.15, 0.2) is 7.87 Å². The summed E-state index contributed by atoms with van der Waals surface area (Å²) in [5.74, 6) is 1.51. The molecule has 0 saturated heterocycles. The molecule has 0 bridgehead atoms. The fraction of sp³-hybridized carbons (Fsp3) is 1.00. The minimum absolute atomic E-state index is 0.541. The summed E-state index contributed by atoms with van der Waals surface area (Å²) >= 11 is 2.04. The van der Waals surface area contributed by atoms with Crippen LogP contribution in [0.4, 0.5) is 0 Å². The van der Waals surface area contributed by atoms with Crippen LogP contribution in [0.3, 0.4) is 0 Å². The van der Waals surface area contributed by atoms with Crippen LogP contribution in [0.25, 0.3) is 0 Å². The van der Waals surface area contributed by atoms with E-state index >= 15 is 0 Å². The smallest absolute Gasteiger partial charge is 0.0269 e. The van der Waals surface area contributed by atoms with Crippen molar-refractivity contribution in [3.63, 3.8) is 0 Å². The van der Waals surface area contributed by atoms with Crippen LogP contribution in [0.5, 0.6) is 0 Å². The van der Waals surface area contributed by atoms with Gasteiger partial charge in [0, 0.05) is 6.26 Å². The first-order valence-corrected chi connectivity index (χ1v) is 6.57. The fourth-order valence-corrected chi connectivity index (χ4v) is 5.21. The standard InChI is InChI=1S/C2H5P2S/c1-5-4-2-3-4/h2H2,1H3/q+1. The third kappa shape index (κ3) is 1.22. The van der Waals surface area contributed by atoms with Crippen LogP contribution >= 0.6 is 25.7 Å². The van der Waals surface area contributed by atoms with Crippen LogP contribution in [0.1, 0.15) is 0 Å². The highest BCUT2D eigenvalue weighted by atomic mass is 32.8. The van der Waals surface area contributed by atoms with Gasteiger partial charge in [-0.1, -0.05) is 0 Å². The lowest BCUT2D eigenvalue weighted by molar-refractivity contribution is 2.36. The van der Waals surface area contributed by atoms with E-state index < -0.39 is 0 Å². The monoisotopic (exact) mass is 123 g/mol. The summed E-state index contributed by atoms with van der Waals surface area (Å²) in [4.78, 5) is 0. The normalized spacial score (nSPS) is 28.6. The van der Waals surface area contributed by atoms with Crippen LogP contribution in [0.15, 0.2) is 0 Å². The van der Waals surface area contributed by atoms with E-state index in [0.29, 0.717) is 6.41 Å². The molecule has 0 radical (unpaired) electrons. The van der Waals surface area contributed by atoms with Gasteiger partial charge in [-0.3, -0.25) is 0 Å². The lowest BCUT2D eigenvalue weighted by atomic mass is 11.9. The summed E-state index contributed by atoms with van der Waals surface area (Å²) in [7, 11) is 1.72. The van der Waals surface area contributed by atoms with Gasteiger partial charge >= 0.3 is 0 Å². The van der Waals surface area contributed by atoms with E-state index in [1.807, 2.05) is 11.4 Å². The molecule has 1 rings (SSSR count). The molecule has 0 aromatic rings. The van der Waals surface area contributed by atoms with E-state index in [0.717, 1.165) is 0 Å². The molecule has 0 fully saturated rings. The minimum atomic E-state index is 0.541. The second-order valence-corrected chi connectivity index (χ2v) is 8.83. The Labute approximate surface area is 38.5 Å². The number of hydrogen-bond acceptors (Lipinski definition) is 1. The molecule has 1 unspecified atom stereocenters. The summed E-state index contributed by atoms with van der Waals surface area (Å²) in [5.41, 5.74) is 0. The summed E-state index contributed by atoms with van der Waals surface area (Å²) in [6, 6.07) is 0. The quantitative estimate of drug-likeness (QED) is 0.483. The van der Waals surface area contributed by atoms with Gasteiger partial charge in [-0.15, -0.1) is 0 Å². The molecule has 0 saturated carbocycles. The third-order valence-corrected chi connectivity index (χ3v) is 7.76. The molecule has 0 aromatic heterocycles. The Kier molecular flexibility index (Phi) is 1.32. The van der Waals surface area contributed by atoms with Crippen molar-refractivity contribution in [3.05, 3.63) is 0 Å². The maximum atomic E-state index is 2.20. The van der Waals surface area contributed by atoms with Crippen LogP contribution in [0, 0.1) is 0 Å². The third-order valence-electron chi connectivity index (χ3n) is 0.468. The summed E-state index contributed by atoms with van der Waals surface area (Å²) in [6.45, 7) is 0. The van der Waals surface area contributed by atoms with Gasteiger partial charge in [-0.05, 0) is 0 Å². The highest BCUT2D eigenvalue weighted by Crippen LogP contribution is 2.63. The molecule has 0 N–H and O–H groups in total. The van der Waals surface area contributed by atoms with Gasteiger partial charge in [0.1, 0.15) is 0 Å². The van der Waals surface area contributed by atoms with Gasteiger partial charge in [-0.25, -0.2) is 0 Å². The largest absolute Gasteiger partial charge is 0.202 e. The molecule has 1 aliphatic heterocycles. The van der Waals surface area contributed by atoms with Crippen molar-refractivity contribution in [1.82, 2.24) is 0 Å². The van der Waals surface area contributed by atoms with E-state index in [2.05, 4.69) is 6.26 Å². The Hall–Kier alpha value is 0.950. The number of rotatable bonds is 1. The molecule has 1 aliphatic rings. The molecule has 28 valence electrons. The molecule has 0 aliphatic carbocycles. The molecule has 5 heavy (non-hydrogen) atoms. The van der Waals surface area contributed by atoms with E-state index in [-0.39, 0.29) is 0 Å². The van der Waals surface area contributed by atoms with Gasteiger partial charge in [0.25, 0.3) is 0 Å². The predicted molar refractivity (Wildman–Crippen MR) is 32.2 cm³/mol. The van der Waals surface area contributed by atoms with Crippen molar-refractivity contribution in [2.24, 2.45) is 0 Å². The van der Waals surface area contributed by atoms with Crippen molar-refractivity contribution in [2.45, 2.75) is 0 Å². The van der Waals surface area contributed by atoms with Crippen LogP contribution in [-0.4, -0.2) is 12.2 Å². The Morgan fingerprint density at radius 3 is 2.60 bits per heavy atom. The Balaban J connectivity index is 2.22. The zero-order chi connectivity index (χ0) is 3.70. The first kappa shape index (κ1) is 4.12. The molecular weight excluding hydrogens is 118 g/mol. The Morgan fingerprint density at radius 1 is 2.00 bits per heavy atom. The molecule has 1 heterocycles. The maximum Gasteiger partial charge on any atom is 0.202 e.